The van der Waals surface area contributed by atoms with Crippen LogP contribution in [0.15, 0.2) is 0 Å². The molecule has 1 fully saturated rings. The van der Waals surface area contributed by atoms with Crippen molar-refractivity contribution in [3.63, 3.8) is 0 Å². The summed E-state index contributed by atoms with van der Waals surface area (Å²) in [6.07, 6.45) is 2.68. The number of thioether (sulfide) groups is 1. The highest BCUT2D eigenvalue weighted by atomic mass is 32.2. The van der Waals surface area contributed by atoms with Gasteiger partial charge in [-0.25, -0.2) is 0 Å². The van der Waals surface area contributed by atoms with E-state index in [1.54, 1.807) is 0 Å². The Hall–Kier alpha value is 0.440. The first-order chi connectivity index (χ1) is 3.43. The van der Waals surface area contributed by atoms with Crippen molar-refractivity contribution in [2.45, 2.75) is 18.1 Å². The fraction of sp³-hybridized carbons (Fsp3) is 0.800. The Kier molecular flexibility index (Phi) is 2.13. The standard InChI is InChI=1S/C5H8S2/c6-4-5-2-1-3-7-5/h4-5H,1-3H2. The van der Waals surface area contributed by atoms with Gasteiger partial charge in [0.15, 0.2) is 0 Å². The summed E-state index contributed by atoms with van der Waals surface area (Å²) in [5.74, 6) is 1.32. The largest absolute Gasteiger partial charge is 0.154 e. The molecule has 1 saturated heterocycles. The summed E-state index contributed by atoms with van der Waals surface area (Å²) in [7, 11) is 0. The molecule has 0 nitrogen and oxygen atoms in total. The summed E-state index contributed by atoms with van der Waals surface area (Å²) in [5, 5.41) is 2.59. The van der Waals surface area contributed by atoms with Crippen LogP contribution < -0.4 is 0 Å². The lowest BCUT2D eigenvalue weighted by molar-refractivity contribution is 0.912. The third-order valence-electron chi connectivity index (χ3n) is 1.12. The van der Waals surface area contributed by atoms with E-state index in [-0.39, 0.29) is 0 Å². The van der Waals surface area contributed by atoms with Crippen molar-refractivity contribution in [2.75, 3.05) is 5.75 Å². The highest BCUT2D eigenvalue weighted by Crippen LogP contribution is 2.24. The summed E-state index contributed by atoms with van der Waals surface area (Å²) < 4.78 is 0. The molecule has 0 saturated carbocycles. The summed E-state index contributed by atoms with van der Waals surface area (Å²) >= 11 is 6.75. The van der Waals surface area contributed by atoms with Gasteiger partial charge < -0.3 is 0 Å². The normalized spacial score (nSPS) is 30.6. The van der Waals surface area contributed by atoms with E-state index in [9.17, 15) is 0 Å². The van der Waals surface area contributed by atoms with Crippen LogP contribution in [0.2, 0.25) is 0 Å². The van der Waals surface area contributed by atoms with Crippen LogP contribution in [0.4, 0.5) is 0 Å². The van der Waals surface area contributed by atoms with Crippen LogP contribution in [-0.4, -0.2) is 16.4 Å². The molecule has 40 valence electrons. The van der Waals surface area contributed by atoms with E-state index in [0.717, 1.165) is 0 Å². The Bertz CT molecular complexity index is 64.5. The fourth-order valence-electron chi connectivity index (χ4n) is 0.710. The van der Waals surface area contributed by atoms with E-state index in [4.69, 9.17) is 12.2 Å². The van der Waals surface area contributed by atoms with Crippen LogP contribution in [0.3, 0.4) is 0 Å². The molecule has 0 spiro atoms. The molecule has 0 amide bonds. The Morgan fingerprint density at radius 1 is 1.71 bits per heavy atom. The second-order valence-corrected chi connectivity index (χ2v) is 3.31. The zero-order valence-electron chi connectivity index (χ0n) is 4.09. The molecular formula is C5H8S2. The minimum Gasteiger partial charge on any atom is -0.154 e. The van der Waals surface area contributed by atoms with Crippen LogP contribution in [0.1, 0.15) is 12.8 Å². The smallest absolute Gasteiger partial charge is 0.0330 e. The van der Waals surface area contributed by atoms with E-state index in [1.807, 2.05) is 17.1 Å². The van der Waals surface area contributed by atoms with E-state index in [2.05, 4.69) is 0 Å². The number of hydrogen-bond donors (Lipinski definition) is 0. The SMILES string of the molecule is S=CC1CCCS1. The first-order valence-electron chi connectivity index (χ1n) is 2.50. The molecular weight excluding hydrogens is 124 g/mol. The molecule has 0 aromatic heterocycles. The number of hydrogen-bond acceptors (Lipinski definition) is 2. The summed E-state index contributed by atoms with van der Waals surface area (Å²) in [6, 6.07) is 0. The molecule has 0 aromatic rings. The second kappa shape index (κ2) is 2.68. The minimum atomic E-state index is 0.704. The van der Waals surface area contributed by atoms with Crippen LogP contribution in [0.5, 0.6) is 0 Å². The van der Waals surface area contributed by atoms with Crippen molar-refractivity contribution >= 4 is 29.3 Å². The van der Waals surface area contributed by atoms with Gasteiger partial charge in [-0.3, -0.25) is 0 Å². The molecule has 1 heterocycles. The lowest BCUT2D eigenvalue weighted by atomic mass is 10.3. The predicted octanol–water partition coefficient (Wildman–Crippen LogP) is 1.88. The van der Waals surface area contributed by atoms with Gasteiger partial charge in [-0.2, -0.15) is 11.8 Å². The molecule has 0 radical (unpaired) electrons. The first-order valence-corrected chi connectivity index (χ1v) is 4.02. The molecule has 1 unspecified atom stereocenters. The molecule has 7 heavy (non-hydrogen) atoms. The summed E-state index contributed by atoms with van der Waals surface area (Å²) in [6.45, 7) is 0. The Morgan fingerprint density at radius 3 is 2.86 bits per heavy atom. The van der Waals surface area contributed by atoms with Crippen LogP contribution >= 0.6 is 24.0 Å². The highest BCUT2D eigenvalue weighted by molar-refractivity contribution is 8.01. The van der Waals surface area contributed by atoms with E-state index >= 15 is 0 Å². The number of thiocarbonyl (C=S) groups is 1. The molecule has 1 atom stereocenters. The van der Waals surface area contributed by atoms with Gasteiger partial charge in [-0.15, -0.1) is 0 Å². The topological polar surface area (TPSA) is 0 Å². The minimum absolute atomic E-state index is 0.704. The summed E-state index contributed by atoms with van der Waals surface area (Å²) in [5.41, 5.74) is 0. The average molecular weight is 132 g/mol. The fourth-order valence-corrected chi connectivity index (χ4v) is 2.13. The molecule has 1 aliphatic rings. The average Bonchev–Trinajstić information content (AvgIpc) is 2.14. The van der Waals surface area contributed by atoms with Crippen LogP contribution in [0, 0.1) is 0 Å². The van der Waals surface area contributed by atoms with Crippen molar-refractivity contribution in [1.29, 1.82) is 0 Å². The molecule has 0 aromatic carbocycles. The van der Waals surface area contributed by atoms with Gasteiger partial charge in [0.2, 0.25) is 0 Å². The van der Waals surface area contributed by atoms with Crippen molar-refractivity contribution in [3.05, 3.63) is 0 Å². The maximum atomic E-state index is 4.77. The van der Waals surface area contributed by atoms with Crippen molar-refractivity contribution in [2.24, 2.45) is 0 Å². The van der Waals surface area contributed by atoms with Gasteiger partial charge in [0, 0.05) is 5.25 Å². The zero-order chi connectivity index (χ0) is 5.11. The molecule has 0 N–H and O–H groups in total. The van der Waals surface area contributed by atoms with E-state index in [0.29, 0.717) is 5.25 Å². The first kappa shape index (κ1) is 5.57. The van der Waals surface area contributed by atoms with Crippen LogP contribution in [0.25, 0.3) is 0 Å². The van der Waals surface area contributed by atoms with E-state index < -0.39 is 0 Å². The third kappa shape index (κ3) is 1.42. The molecule has 1 aliphatic heterocycles. The third-order valence-corrected chi connectivity index (χ3v) is 2.94. The van der Waals surface area contributed by atoms with Gasteiger partial charge in [-0.05, 0) is 24.0 Å². The molecule has 0 bridgehead atoms. The predicted molar refractivity (Wildman–Crippen MR) is 39.1 cm³/mol. The van der Waals surface area contributed by atoms with Gasteiger partial charge in [-0.1, -0.05) is 12.2 Å². The second-order valence-electron chi connectivity index (χ2n) is 1.69. The van der Waals surface area contributed by atoms with Crippen molar-refractivity contribution in [3.8, 4) is 0 Å². The van der Waals surface area contributed by atoms with Crippen molar-refractivity contribution < 1.29 is 0 Å². The maximum absolute atomic E-state index is 4.77. The molecule has 0 aliphatic carbocycles. The Labute approximate surface area is 53.7 Å². The lowest BCUT2D eigenvalue weighted by Gasteiger charge is -1.92. The molecule has 2 heteroatoms. The van der Waals surface area contributed by atoms with Crippen LogP contribution in [-0.2, 0) is 0 Å². The maximum Gasteiger partial charge on any atom is 0.0330 e. The zero-order valence-corrected chi connectivity index (χ0v) is 5.73. The van der Waals surface area contributed by atoms with Gasteiger partial charge in [0.25, 0.3) is 0 Å². The van der Waals surface area contributed by atoms with E-state index in [1.165, 1.54) is 18.6 Å². The van der Waals surface area contributed by atoms with Gasteiger partial charge >= 0.3 is 0 Å². The summed E-state index contributed by atoms with van der Waals surface area (Å²) in [4.78, 5) is 0. The van der Waals surface area contributed by atoms with Crippen molar-refractivity contribution in [1.82, 2.24) is 0 Å². The molecule has 1 rings (SSSR count). The monoisotopic (exact) mass is 132 g/mol. The quantitative estimate of drug-likeness (QED) is 0.500. The number of rotatable bonds is 1. The Balaban J connectivity index is 2.26. The van der Waals surface area contributed by atoms with Gasteiger partial charge in [0.05, 0.1) is 0 Å². The Morgan fingerprint density at radius 2 is 2.57 bits per heavy atom. The highest BCUT2D eigenvalue weighted by Gasteiger charge is 2.10. The van der Waals surface area contributed by atoms with Gasteiger partial charge in [0.1, 0.15) is 0 Å². The lowest BCUT2D eigenvalue weighted by Crippen LogP contribution is -1.92.